The molecular formula is C29H35F2N7O2. The van der Waals surface area contributed by atoms with Gasteiger partial charge in [0.15, 0.2) is 11.6 Å². The Morgan fingerprint density at radius 2 is 1.90 bits per heavy atom. The summed E-state index contributed by atoms with van der Waals surface area (Å²) in [5.41, 5.74) is 1.74. The second-order valence-corrected chi connectivity index (χ2v) is 11.1. The maximum atomic E-state index is 15.0. The summed E-state index contributed by atoms with van der Waals surface area (Å²) in [5, 5.41) is 12.8. The molecule has 40 heavy (non-hydrogen) atoms. The van der Waals surface area contributed by atoms with Crippen LogP contribution >= 0.6 is 0 Å². The molecule has 0 radical (unpaired) electrons. The van der Waals surface area contributed by atoms with Gasteiger partial charge in [-0.2, -0.15) is 0 Å². The zero-order valence-corrected chi connectivity index (χ0v) is 23.4. The molecule has 4 aromatic rings. The number of hydrogen-bond acceptors (Lipinski definition) is 8. The lowest BCUT2D eigenvalue weighted by atomic mass is 9.96. The van der Waals surface area contributed by atoms with Gasteiger partial charge in [0.2, 0.25) is 5.95 Å². The number of aromatic nitrogens is 5. The molecule has 2 N–H and O–H groups in total. The summed E-state index contributed by atoms with van der Waals surface area (Å²) < 4.78 is 37.7. The van der Waals surface area contributed by atoms with Gasteiger partial charge in [0.25, 0.3) is 0 Å². The van der Waals surface area contributed by atoms with Crippen molar-refractivity contribution in [2.75, 3.05) is 25.0 Å². The van der Waals surface area contributed by atoms with Gasteiger partial charge in [0.05, 0.1) is 30.0 Å². The van der Waals surface area contributed by atoms with E-state index < -0.39 is 17.7 Å². The highest BCUT2D eigenvalue weighted by Crippen LogP contribution is 2.30. The average molecular weight is 552 g/mol. The van der Waals surface area contributed by atoms with E-state index in [-0.39, 0.29) is 28.8 Å². The minimum atomic E-state index is -0.659. The lowest BCUT2D eigenvalue weighted by Gasteiger charge is -2.41. The van der Waals surface area contributed by atoms with Crippen LogP contribution in [0.25, 0.3) is 22.3 Å². The number of benzene rings is 1. The van der Waals surface area contributed by atoms with Crippen LogP contribution in [0.4, 0.5) is 20.5 Å². The van der Waals surface area contributed by atoms with Crippen LogP contribution in [0.5, 0.6) is 0 Å². The third kappa shape index (κ3) is 5.96. The predicted octanol–water partition coefficient (Wildman–Crippen LogP) is 5.16. The molecule has 0 bridgehead atoms. The normalized spacial score (nSPS) is 18.9. The average Bonchev–Trinajstić information content (AvgIpc) is 3.22. The van der Waals surface area contributed by atoms with Crippen LogP contribution in [0.3, 0.4) is 0 Å². The first-order chi connectivity index (χ1) is 19.0. The number of halogens is 2. The standard InChI is InChI=1S/C29H35F2N7O2/c1-17(2)38-19(4)34-27-22(30)10-21(11-24(27)38)26-23(31)14-33-28(36-26)35-25-7-6-20(13-32-25)15-37-8-9-40-29(5,16-37)12-18(3)39/h6-7,10-11,13-14,17-18,39H,8-9,12,15-16H2,1-5H3,(H,32,33,35,36)/t18-,29+/m1/s1. The van der Waals surface area contributed by atoms with Crippen molar-refractivity contribution in [3.63, 3.8) is 0 Å². The number of nitrogens with zero attached hydrogens (tertiary/aromatic N) is 6. The van der Waals surface area contributed by atoms with E-state index in [1.165, 1.54) is 6.07 Å². The van der Waals surface area contributed by atoms with Gasteiger partial charge in [-0.25, -0.2) is 28.7 Å². The van der Waals surface area contributed by atoms with Crippen LogP contribution in [0.2, 0.25) is 0 Å². The van der Waals surface area contributed by atoms with E-state index in [0.29, 0.717) is 48.8 Å². The van der Waals surface area contributed by atoms with Crippen LogP contribution < -0.4 is 5.32 Å². The number of hydrogen-bond donors (Lipinski definition) is 2. The maximum Gasteiger partial charge on any atom is 0.229 e. The Kier molecular flexibility index (Phi) is 7.80. The topological polar surface area (TPSA) is 101 Å². The highest BCUT2D eigenvalue weighted by Gasteiger charge is 2.33. The highest BCUT2D eigenvalue weighted by molar-refractivity contribution is 5.83. The van der Waals surface area contributed by atoms with Crippen molar-refractivity contribution in [2.24, 2.45) is 0 Å². The summed E-state index contributed by atoms with van der Waals surface area (Å²) in [7, 11) is 0. The van der Waals surface area contributed by atoms with Gasteiger partial charge in [-0.1, -0.05) is 6.07 Å². The second-order valence-electron chi connectivity index (χ2n) is 11.1. The summed E-state index contributed by atoms with van der Waals surface area (Å²) in [5.74, 6) is 0.132. The molecule has 1 aromatic carbocycles. The number of imidazole rings is 1. The fraction of sp³-hybridized carbons (Fsp3) is 0.448. The van der Waals surface area contributed by atoms with Gasteiger partial charge in [-0.15, -0.1) is 0 Å². The van der Waals surface area contributed by atoms with E-state index in [9.17, 15) is 13.9 Å². The number of aryl methyl sites for hydroxylation is 1. The first-order valence-electron chi connectivity index (χ1n) is 13.5. The number of aliphatic hydroxyl groups excluding tert-OH is 1. The highest BCUT2D eigenvalue weighted by atomic mass is 19.1. The molecule has 2 atom stereocenters. The molecule has 1 aliphatic heterocycles. The van der Waals surface area contributed by atoms with Crippen LogP contribution in [0.1, 0.15) is 51.5 Å². The quantitative estimate of drug-likeness (QED) is 0.310. The van der Waals surface area contributed by atoms with Crippen molar-refractivity contribution in [3.05, 3.63) is 59.7 Å². The molecule has 212 valence electrons. The lowest BCUT2D eigenvalue weighted by Crippen LogP contribution is -2.50. The molecule has 0 aliphatic carbocycles. The molecule has 0 unspecified atom stereocenters. The number of anilines is 2. The molecule has 0 spiro atoms. The van der Waals surface area contributed by atoms with Gasteiger partial charge in [-0.05, 0) is 58.4 Å². The molecule has 0 amide bonds. The number of fused-ring (bicyclic) bond motifs is 1. The Morgan fingerprint density at radius 3 is 2.60 bits per heavy atom. The van der Waals surface area contributed by atoms with Crippen molar-refractivity contribution >= 4 is 22.8 Å². The number of rotatable bonds is 8. The van der Waals surface area contributed by atoms with E-state index in [1.807, 2.05) is 44.4 Å². The number of pyridine rings is 1. The first kappa shape index (κ1) is 28.0. The fourth-order valence-electron chi connectivity index (χ4n) is 5.55. The molecule has 1 fully saturated rings. The van der Waals surface area contributed by atoms with Crippen molar-refractivity contribution in [3.8, 4) is 11.3 Å². The zero-order valence-electron chi connectivity index (χ0n) is 23.4. The first-order valence-corrected chi connectivity index (χ1v) is 13.5. The molecule has 1 saturated heterocycles. The molecule has 1 aliphatic rings. The largest absolute Gasteiger partial charge is 0.393 e. The Balaban J connectivity index is 1.33. The summed E-state index contributed by atoms with van der Waals surface area (Å²) in [4.78, 5) is 19.5. The van der Waals surface area contributed by atoms with Crippen LogP contribution in [-0.4, -0.2) is 65.9 Å². The Hall–Kier alpha value is -3.54. The number of nitrogens with one attached hydrogen (secondary N) is 1. The lowest BCUT2D eigenvalue weighted by molar-refractivity contribution is -0.117. The number of aliphatic hydroxyl groups is 1. The Morgan fingerprint density at radius 1 is 1.10 bits per heavy atom. The second kappa shape index (κ2) is 11.1. The van der Waals surface area contributed by atoms with E-state index in [1.54, 1.807) is 19.2 Å². The van der Waals surface area contributed by atoms with Gasteiger partial charge < -0.3 is 19.7 Å². The van der Waals surface area contributed by atoms with Gasteiger partial charge in [0.1, 0.15) is 22.9 Å². The fourth-order valence-corrected chi connectivity index (χ4v) is 5.55. The summed E-state index contributed by atoms with van der Waals surface area (Å²) in [6.07, 6.45) is 2.98. The van der Waals surface area contributed by atoms with Crippen LogP contribution in [0.15, 0.2) is 36.7 Å². The van der Waals surface area contributed by atoms with E-state index in [0.717, 1.165) is 18.3 Å². The third-order valence-electron chi connectivity index (χ3n) is 7.07. The number of morpholine rings is 1. The summed E-state index contributed by atoms with van der Waals surface area (Å²) in [6.45, 7) is 12.4. The Labute approximate surface area is 232 Å². The van der Waals surface area contributed by atoms with Crippen LogP contribution in [0, 0.1) is 18.6 Å². The maximum absolute atomic E-state index is 15.0. The van der Waals surface area contributed by atoms with E-state index in [4.69, 9.17) is 4.74 Å². The SMILES string of the molecule is Cc1nc2c(F)cc(-c3nc(Nc4ccc(CN5CCO[C@@](C)(C[C@@H](C)O)C5)cn4)ncc3F)cc2n1C(C)C. The molecule has 9 nitrogen and oxygen atoms in total. The Bertz CT molecular complexity index is 1510. The molecule has 3 aromatic heterocycles. The minimum absolute atomic E-state index is 0.0170. The monoisotopic (exact) mass is 551 g/mol. The molecule has 4 heterocycles. The van der Waals surface area contributed by atoms with Gasteiger partial charge >= 0.3 is 0 Å². The van der Waals surface area contributed by atoms with Crippen molar-refractivity contribution in [2.45, 2.75) is 65.3 Å². The zero-order chi connectivity index (χ0) is 28.6. The molecule has 0 saturated carbocycles. The molecule has 5 rings (SSSR count). The summed E-state index contributed by atoms with van der Waals surface area (Å²) >= 11 is 0. The van der Waals surface area contributed by atoms with Crippen LogP contribution in [-0.2, 0) is 11.3 Å². The van der Waals surface area contributed by atoms with Crippen molar-refractivity contribution < 1.29 is 18.6 Å². The van der Waals surface area contributed by atoms with Gasteiger partial charge in [-0.3, -0.25) is 4.90 Å². The van der Waals surface area contributed by atoms with E-state index in [2.05, 4.69) is 30.2 Å². The molecule has 11 heteroatoms. The predicted molar refractivity (Wildman–Crippen MR) is 149 cm³/mol. The van der Waals surface area contributed by atoms with E-state index >= 15 is 0 Å². The summed E-state index contributed by atoms with van der Waals surface area (Å²) in [6, 6.07) is 6.78. The third-order valence-corrected chi connectivity index (χ3v) is 7.07. The smallest absolute Gasteiger partial charge is 0.229 e. The van der Waals surface area contributed by atoms with Gasteiger partial charge in [0, 0.05) is 43.9 Å². The van der Waals surface area contributed by atoms with Crippen molar-refractivity contribution in [1.82, 2.24) is 29.4 Å². The number of ether oxygens (including phenoxy) is 1. The van der Waals surface area contributed by atoms with Crippen molar-refractivity contribution in [1.29, 1.82) is 0 Å². The molecular weight excluding hydrogens is 516 g/mol. The minimum Gasteiger partial charge on any atom is -0.393 e.